The molecular weight excluding hydrogens is 346 g/mol. The second-order valence-corrected chi connectivity index (χ2v) is 7.97. The molecular formula is C20H15N3S2. The van der Waals surface area contributed by atoms with Gasteiger partial charge in [0.15, 0.2) is 0 Å². The third-order valence-electron chi connectivity index (χ3n) is 4.76. The third kappa shape index (κ3) is 2.31. The Balaban J connectivity index is 1.66. The van der Waals surface area contributed by atoms with E-state index in [2.05, 4.69) is 75.2 Å². The zero-order valence-electron chi connectivity index (χ0n) is 13.3. The molecule has 122 valence electrons. The highest BCUT2D eigenvalue weighted by Crippen LogP contribution is 2.44. The molecule has 0 radical (unpaired) electrons. The van der Waals surface area contributed by atoms with Gasteiger partial charge in [0, 0.05) is 34.1 Å². The largest absolute Gasteiger partial charge is 0.281 e. The Morgan fingerprint density at radius 3 is 2.68 bits per heavy atom. The molecule has 0 amide bonds. The molecule has 25 heavy (non-hydrogen) atoms. The van der Waals surface area contributed by atoms with Crippen LogP contribution in [-0.4, -0.2) is 15.2 Å². The number of aromatic nitrogens is 3. The van der Waals surface area contributed by atoms with Gasteiger partial charge in [0.05, 0.1) is 5.41 Å². The van der Waals surface area contributed by atoms with Gasteiger partial charge in [0.2, 0.25) is 0 Å². The third-order valence-corrected chi connectivity index (χ3v) is 6.59. The molecule has 0 spiro atoms. The summed E-state index contributed by atoms with van der Waals surface area (Å²) < 4.78 is 0. The molecule has 3 nitrogen and oxygen atoms in total. The van der Waals surface area contributed by atoms with Crippen molar-refractivity contribution in [2.45, 2.75) is 11.8 Å². The molecule has 1 aliphatic rings. The lowest BCUT2D eigenvalue weighted by Gasteiger charge is -2.33. The molecule has 1 atom stereocenters. The summed E-state index contributed by atoms with van der Waals surface area (Å²) in [5.74, 6) is 0. The van der Waals surface area contributed by atoms with Crippen LogP contribution in [0.15, 0.2) is 65.5 Å². The number of thiophene rings is 1. The maximum Gasteiger partial charge on any atom is 0.144 e. The first-order chi connectivity index (χ1) is 12.4. The Kier molecular flexibility index (Phi) is 3.43. The minimum Gasteiger partial charge on any atom is -0.281 e. The Labute approximate surface area is 153 Å². The van der Waals surface area contributed by atoms with Crippen molar-refractivity contribution in [1.82, 2.24) is 15.2 Å². The number of rotatable bonds is 3. The fourth-order valence-electron chi connectivity index (χ4n) is 3.55. The van der Waals surface area contributed by atoms with E-state index in [1.165, 1.54) is 16.1 Å². The van der Waals surface area contributed by atoms with Crippen molar-refractivity contribution in [2.24, 2.45) is 0 Å². The lowest BCUT2D eigenvalue weighted by Crippen LogP contribution is -2.29. The van der Waals surface area contributed by atoms with E-state index < -0.39 is 0 Å². The number of fused-ring (bicyclic) bond motifs is 1. The van der Waals surface area contributed by atoms with Crippen LogP contribution >= 0.6 is 22.7 Å². The summed E-state index contributed by atoms with van der Waals surface area (Å²) in [6.45, 7) is 0. The van der Waals surface area contributed by atoms with E-state index in [-0.39, 0.29) is 5.41 Å². The van der Waals surface area contributed by atoms with E-state index in [0.717, 1.165) is 22.7 Å². The first-order valence-electron chi connectivity index (χ1n) is 8.13. The van der Waals surface area contributed by atoms with Crippen molar-refractivity contribution in [3.05, 3.63) is 87.2 Å². The van der Waals surface area contributed by atoms with Crippen molar-refractivity contribution in [1.29, 1.82) is 0 Å². The molecule has 5 heteroatoms. The molecule has 3 heterocycles. The van der Waals surface area contributed by atoms with Crippen LogP contribution in [0.4, 0.5) is 0 Å². The van der Waals surface area contributed by atoms with Crippen LogP contribution in [0.1, 0.15) is 21.7 Å². The van der Waals surface area contributed by atoms with Gasteiger partial charge in [-0.2, -0.15) is 5.10 Å². The number of benzene rings is 1. The van der Waals surface area contributed by atoms with E-state index in [1.54, 1.807) is 22.7 Å². The second kappa shape index (κ2) is 5.79. The van der Waals surface area contributed by atoms with Crippen LogP contribution < -0.4 is 0 Å². The molecule has 1 unspecified atom stereocenters. The number of nitrogens with one attached hydrogen (secondary N) is 1. The molecule has 1 N–H and O–H groups in total. The maximum absolute atomic E-state index is 4.56. The van der Waals surface area contributed by atoms with Crippen LogP contribution in [0.3, 0.4) is 0 Å². The van der Waals surface area contributed by atoms with Gasteiger partial charge in [-0.1, -0.05) is 48.6 Å². The standard InChI is InChI=1S/C20H15N3S2/c1-2-5-14(6-3-1)20(17-7-4-11-24-17)9-8-15-16(13-20)22-23-18(15)19-21-10-12-25-19/h1-12H,13H2,(H,22,23). The predicted molar refractivity (Wildman–Crippen MR) is 104 cm³/mol. The summed E-state index contributed by atoms with van der Waals surface area (Å²) in [7, 11) is 0. The molecule has 0 saturated heterocycles. The monoisotopic (exact) mass is 361 g/mol. The van der Waals surface area contributed by atoms with Gasteiger partial charge in [-0.15, -0.1) is 22.7 Å². The van der Waals surface area contributed by atoms with Gasteiger partial charge in [0.1, 0.15) is 10.7 Å². The fraction of sp³-hybridized carbons (Fsp3) is 0.100. The minimum absolute atomic E-state index is 0.144. The number of hydrogen-bond acceptors (Lipinski definition) is 4. The molecule has 4 aromatic rings. The highest BCUT2D eigenvalue weighted by atomic mass is 32.1. The van der Waals surface area contributed by atoms with E-state index in [9.17, 15) is 0 Å². The Bertz CT molecular complexity index is 1010. The number of allylic oxidation sites excluding steroid dienone is 1. The normalized spacial score (nSPS) is 19.0. The Morgan fingerprint density at radius 2 is 1.92 bits per heavy atom. The number of hydrogen-bond donors (Lipinski definition) is 1. The first-order valence-corrected chi connectivity index (χ1v) is 9.89. The summed E-state index contributed by atoms with van der Waals surface area (Å²) >= 11 is 3.43. The molecule has 0 aliphatic heterocycles. The van der Waals surface area contributed by atoms with Crippen LogP contribution in [0.2, 0.25) is 0 Å². The lowest BCUT2D eigenvalue weighted by molar-refractivity contribution is 0.633. The predicted octanol–water partition coefficient (Wildman–Crippen LogP) is 5.15. The summed E-state index contributed by atoms with van der Waals surface area (Å²) in [6, 6.07) is 15.1. The second-order valence-electron chi connectivity index (χ2n) is 6.13. The van der Waals surface area contributed by atoms with Crippen LogP contribution in [0.25, 0.3) is 16.8 Å². The molecule has 1 aromatic carbocycles. The quantitative estimate of drug-likeness (QED) is 0.548. The van der Waals surface area contributed by atoms with Crippen molar-refractivity contribution in [3.8, 4) is 10.7 Å². The van der Waals surface area contributed by atoms with Gasteiger partial charge in [0.25, 0.3) is 0 Å². The summed E-state index contributed by atoms with van der Waals surface area (Å²) in [5, 5.41) is 12.9. The average molecular weight is 361 g/mol. The minimum atomic E-state index is -0.144. The molecule has 5 rings (SSSR count). The van der Waals surface area contributed by atoms with E-state index in [4.69, 9.17) is 0 Å². The van der Waals surface area contributed by atoms with Crippen molar-refractivity contribution in [3.63, 3.8) is 0 Å². The molecule has 0 saturated carbocycles. The highest BCUT2D eigenvalue weighted by molar-refractivity contribution is 7.13. The molecule has 0 fully saturated rings. The lowest BCUT2D eigenvalue weighted by atomic mass is 9.72. The topological polar surface area (TPSA) is 41.6 Å². The van der Waals surface area contributed by atoms with E-state index in [1.807, 2.05) is 11.6 Å². The smallest absolute Gasteiger partial charge is 0.144 e. The van der Waals surface area contributed by atoms with Crippen LogP contribution in [0, 0.1) is 0 Å². The zero-order chi connectivity index (χ0) is 16.7. The van der Waals surface area contributed by atoms with E-state index >= 15 is 0 Å². The van der Waals surface area contributed by atoms with Crippen LogP contribution in [-0.2, 0) is 11.8 Å². The number of H-pyrrole nitrogens is 1. The first kappa shape index (κ1) is 14.8. The molecule has 0 bridgehead atoms. The van der Waals surface area contributed by atoms with Crippen molar-refractivity contribution < 1.29 is 0 Å². The van der Waals surface area contributed by atoms with Crippen molar-refractivity contribution in [2.75, 3.05) is 0 Å². The fourth-order valence-corrected chi connectivity index (χ4v) is 5.11. The van der Waals surface area contributed by atoms with Gasteiger partial charge in [-0.3, -0.25) is 5.10 Å². The van der Waals surface area contributed by atoms with Gasteiger partial charge in [-0.25, -0.2) is 4.98 Å². The maximum atomic E-state index is 4.56. The van der Waals surface area contributed by atoms with E-state index in [0.29, 0.717) is 0 Å². The van der Waals surface area contributed by atoms with Crippen LogP contribution in [0.5, 0.6) is 0 Å². The Morgan fingerprint density at radius 1 is 1.00 bits per heavy atom. The molecule has 1 aliphatic carbocycles. The van der Waals surface area contributed by atoms with Gasteiger partial charge < -0.3 is 0 Å². The summed E-state index contributed by atoms with van der Waals surface area (Å²) in [6.07, 6.45) is 7.25. The van der Waals surface area contributed by atoms with Gasteiger partial charge >= 0.3 is 0 Å². The summed E-state index contributed by atoms with van der Waals surface area (Å²) in [5.41, 5.74) is 4.46. The van der Waals surface area contributed by atoms with Crippen molar-refractivity contribution >= 4 is 28.7 Å². The highest BCUT2D eigenvalue weighted by Gasteiger charge is 2.37. The zero-order valence-corrected chi connectivity index (χ0v) is 15.0. The number of aromatic amines is 1. The molecule has 3 aromatic heterocycles. The SMILES string of the molecule is C1=CC(c2ccccc2)(c2cccs2)Cc2[nH]nc(-c3nccs3)c21. The van der Waals surface area contributed by atoms with Gasteiger partial charge in [-0.05, 0) is 17.0 Å². The average Bonchev–Trinajstić information content (AvgIpc) is 3.42. The number of nitrogens with zero attached hydrogens (tertiary/aromatic N) is 2. The summed E-state index contributed by atoms with van der Waals surface area (Å²) in [4.78, 5) is 5.77. The Hall–Kier alpha value is -2.50. The number of thiazole rings is 1.